The minimum Gasteiger partial charge on any atom is -0.468 e. The Kier molecular flexibility index (Phi) is 3.84. The lowest BCUT2D eigenvalue weighted by Gasteiger charge is -2.15. The van der Waals surface area contributed by atoms with Gasteiger partial charge in [-0.1, -0.05) is 6.07 Å². The molecule has 0 radical (unpaired) electrons. The fourth-order valence-electron chi connectivity index (χ4n) is 2.65. The first-order valence-electron chi connectivity index (χ1n) is 6.88. The SMILES string of the molecule is O=S(=O)(NC(CO)c1ccco1)c1ccc2c(c1)CCC2. The van der Waals surface area contributed by atoms with Crippen LogP contribution in [0, 0.1) is 0 Å². The van der Waals surface area contributed by atoms with Crippen LogP contribution in [0.5, 0.6) is 0 Å². The van der Waals surface area contributed by atoms with Gasteiger partial charge in [0.25, 0.3) is 0 Å². The molecule has 1 aliphatic carbocycles. The summed E-state index contributed by atoms with van der Waals surface area (Å²) in [6, 6.07) is 7.72. The van der Waals surface area contributed by atoms with Crippen LogP contribution < -0.4 is 4.72 Å². The first-order chi connectivity index (χ1) is 10.1. The van der Waals surface area contributed by atoms with Crippen LogP contribution >= 0.6 is 0 Å². The molecule has 0 saturated heterocycles. The van der Waals surface area contributed by atoms with E-state index >= 15 is 0 Å². The maximum absolute atomic E-state index is 12.4. The Balaban J connectivity index is 1.86. The Bertz CT molecular complexity index is 722. The second-order valence-corrected chi connectivity index (χ2v) is 6.87. The maximum atomic E-state index is 12.4. The predicted octanol–water partition coefficient (Wildman–Crippen LogP) is 1.78. The summed E-state index contributed by atoms with van der Waals surface area (Å²) < 4.78 is 32.5. The van der Waals surface area contributed by atoms with Gasteiger partial charge in [0.1, 0.15) is 11.8 Å². The number of furan rings is 1. The summed E-state index contributed by atoms with van der Waals surface area (Å²) in [6.07, 6.45) is 4.44. The van der Waals surface area contributed by atoms with E-state index in [1.54, 1.807) is 24.3 Å². The number of sulfonamides is 1. The van der Waals surface area contributed by atoms with Gasteiger partial charge in [0, 0.05) is 0 Å². The summed E-state index contributed by atoms with van der Waals surface area (Å²) in [7, 11) is -3.69. The Morgan fingerprint density at radius 2 is 2.05 bits per heavy atom. The molecule has 5 nitrogen and oxygen atoms in total. The minimum atomic E-state index is -3.69. The lowest BCUT2D eigenvalue weighted by molar-refractivity contribution is 0.242. The van der Waals surface area contributed by atoms with Gasteiger partial charge in [-0.15, -0.1) is 0 Å². The average molecular weight is 307 g/mol. The van der Waals surface area contributed by atoms with Crippen molar-refractivity contribution in [3.8, 4) is 0 Å². The van der Waals surface area contributed by atoms with Crippen molar-refractivity contribution in [2.24, 2.45) is 0 Å². The van der Waals surface area contributed by atoms with Gasteiger partial charge in [-0.3, -0.25) is 0 Å². The van der Waals surface area contributed by atoms with Crippen LogP contribution in [0.25, 0.3) is 0 Å². The third kappa shape index (κ3) is 2.88. The van der Waals surface area contributed by atoms with Crippen LogP contribution in [-0.2, 0) is 22.9 Å². The third-order valence-corrected chi connectivity index (χ3v) is 5.22. The molecule has 0 saturated carbocycles. The smallest absolute Gasteiger partial charge is 0.241 e. The van der Waals surface area contributed by atoms with Crippen molar-refractivity contribution in [1.82, 2.24) is 4.72 Å². The van der Waals surface area contributed by atoms with Gasteiger partial charge in [0.05, 0.1) is 17.8 Å². The van der Waals surface area contributed by atoms with Gasteiger partial charge in [0.2, 0.25) is 10.0 Å². The first kappa shape index (κ1) is 14.3. The van der Waals surface area contributed by atoms with Crippen molar-refractivity contribution in [2.75, 3.05) is 6.61 Å². The van der Waals surface area contributed by atoms with Gasteiger partial charge in [-0.05, 0) is 54.7 Å². The monoisotopic (exact) mass is 307 g/mol. The van der Waals surface area contributed by atoms with Crippen LogP contribution in [-0.4, -0.2) is 20.1 Å². The van der Waals surface area contributed by atoms with E-state index in [1.807, 2.05) is 6.07 Å². The predicted molar refractivity (Wildman–Crippen MR) is 77.3 cm³/mol. The summed E-state index contributed by atoms with van der Waals surface area (Å²) >= 11 is 0. The highest BCUT2D eigenvalue weighted by molar-refractivity contribution is 7.89. The van der Waals surface area contributed by atoms with E-state index in [1.165, 1.54) is 11.8 Å². The number of hydrogen-bond acceptors (Lipinski definition) is 4. The molecule has 21 heavy (non-hydrogen) atoms. The molecule has 0 bridgehead atoms. The highest BCUT2D eigenvalue weighted by Gasteiger charge is 2.24. The standard InChI is InChI=1S/C15H17NO4S/c17-10-14(15-5-2-8-20-15)16-21(18,19)13-7-6-11-3-1-4-12(11)9-13/h2,5-9,14,16-17H,1,3-4,10H2. The van der Waals surface area contributed by atoms with Crippen LogP contribution in [0.2, 0.25) is 0 Å². The highest BCUT2D eigenvalue weighted by atomic mass is 32.2. The normalized spacial score (nSPS) is 15.9. The van der Waals surface area contributed by atoms with E-state index in [-0.39, 0.29) is 11.5 Å². The van der Waals surface area contributed by atoms with E-state index < -0.39 is 16.1 Å². The number of aliphatic hydroxyl groups excluding tert-OH is 1. The molecule has 1 unspecified atom stereocenters. The number of aryl methyl sites for hydroxylation is 2. The van der Waals surface area contributed by atoms with Crippen molar-refractivity contribution >= 4 is 10.0 Å². The quantitative estimate of drug-likeness (QED) is 0.882. The molecule has 0 spiro atoms. The molecule has 2 aromatic rings. The Hall–Kier alpha value is -1.63. The topological polar surface area (TPSA) is 79.5 Å². The van der Waals surface area contributed by atoms with Crippen molar-refractivity contribution in [2.45, 2.75) is 30.2 Å². The Labute approximate surface area is 123 Å². The Morgan fingerprint density at radius 3 is 2.76 bits per heavy atom. The number of benzene rings is 1. The summed E-state index contributed by atoms with van der Waals surface area (Å²) in [5.74, 6) is 0.391. The molecule has 1 aromatic heterocycles. The third-order valence-electron chi connectivity index (χ3n) is 3.75. The fourth-order valence-corrected chi connectivity index (χ4v) is 3.89. The van der Waals surface area contributed by atoms with E-state index in [0.717, 1.165) is 24.8 Å². The van der Waals surface area contributed by atoms with Gasteiger partial charge in [-0.25, -0.2) is 8.42 Å². The summed E-state index contributed by atoms with van der Waals surface area (Å²) in [4.78, 5) is 0.230. The Morgan fingerprint density at radius 1 is 1.24 bits per heavy atom. The molecule has 2 N–H and O–H groups in total. The number of hydrogen-bond donors (Lipinski definition) is 2. The molecule has 0 aliphatic heterocycles. The van der Waals surface area contributed by atoms with Crippen molar-refractivity contribution < 1.29 is 17.9 Å². The summed E-state index contributed by atoms with van der Waals surface area (Å²) in [5.41, 5.74) is 2.31. The molecule has 1 heterocycles. The van der Waals surface area contributed by atoms with Crippen LogP contribution in [0.15, 0.2) is 45.9 Å². The van der Waals surface area contributed by atoms with E-state index in [9.17, 15) is 13.5 Å². The number of aliphatic hydroxyl groups is 1. The summed E-state index contributed by atoms with van der Waals surface area (Å²) in [5, 5.41) is 9.38. The van der Waals surface area contributed by atoms with Crippen molar-refractivity contribution in [1.29, 1.82) is 0 Å². The molecule has 1 aliphatic rings. The molecule has 112 valence electrons. The van der Waals surface area contributed by atoms with Gasteiger partial charge >= 0.3 is 0 Å². The zero-order chi connectivity index (χ0) is 14.9. The van der Waals surface area contributed by atoms with Crippen LogP contribution in [0.4, 0.5) is 0 Å². The van der Waals surface area contributed by atoms with Gasteiger partial charge in [0.15, 0.2) is 0 Å². The molecule has 0 amide bonds. The molecule has 1 atom stereocenters. The molecule has 3 rings (SSSR count). The number of rotatable bonds is 5. The second kappa shape index (κ2) is 5.63. The zero-order valence-electron chi connectivity index (χ0n) is 11.5. The first-order valence-corrected chi connectivity index (χ1v) is 8.37. The van der Waals surface area contributed by atoms with Crippen LogP contribution in [0.1, 0.15) is 29.3 Å². The zero-order valence-corrected chi connectivity index (χ0v) is 12.3. The molecule has 0 fully saturated rings. The van der Waals surface area contributed by atoms with Crippen molar-refractivity contribution in [3.05, 3.63) is 53.5 Å². The largest absolute Gasteiger partial charge is 0.468 e. The number of fused-ring (bicyclic) bond motifs is 1. The number of nitrogens with one attached hydrogen (secondary N) is 1. The maximum Gasteiger partial charge on any atom is 0.241 e. The average Bonchev–Trinajstić information content (AvgIpc) is 3.14. The molecule has 1 aromatic carbocycles. The molecule has 6 heteroatoms. The molecular formula is C15H17NO4S. The summed E-state index contributed by atoms with van der Waals surface area (Å²) in [6.45, 7) is -0.363. The van der Waals surface area contributed by atoms with Gasteiger partial charge in [-0.2, -0.15) is 4.72 Å². The van der Waals surface area contributed by atoms with Crippen molar-refractivity contribution in [3.63, 3.8) is 0 Å². The minimum absolute atomic E-state index is 0.230. The second-order valence-electron chi connectivity index (χ2n) is 5.16. The van der Waals surface area contributed by atoms with E-state index in [4.69, 9.17) is 4.42 Å². The van der Waals surface area contributed by atoms with Gasteiger partial charge < -0.3 is 9.52 Å². The lowest BCUT2D eigenvalue weighted by atomic mass is 10.1. The van der Waals surface area contributed by atoms with E-state index in [0.29, 0.717) is 5.76 Å². The van der Waals surface area contributed by atoms with Crippen LogP contribution in [0.3, 0.4) is 0 Å². The lowest BCUT2D eigenvalue weighted by Crippen LogP contribution is -2.30. The highest BCUT2D eigenvalue weighted by Crippen LogP contribution is 2.25. The molecular weight excluding hydrogens is 290 g/mol. The fraction of sp³-hybridized carbons (Fsp3) is 0.333. The van der Waals surface area contributed by atoms with E-state index in [2.05, 4.69) is 4.72 Å².